The van der Waals surface area contributed by atoms with Crippen LogP contribution in [0, 0.1) is 0 Å². The summed E-state index contributed by atoms with van der Waals surface area (Å²) in [6.07, 6.45) is 2.35. The summed E-state index contributed by atoms with van der Waals surface area (Å²) in [5.74, 6) is -0.387. The lowest BCUT2D eigenvalue weighted by atomic mass is 10.0. The number of fused-ring (bicyclic) bond motifs is 1. The van der Waals surface area contributed by atoms with Gasteiger partial charge in [0.25, 0.3) is 5.91 Å². The van der Waals surface area contributed by atoms with E-state index in [1.54, 1.807) is 25.1 Å². The fourth-order valence-corrected chi connectivity index (χ4v) is 4.63. The van der Waals surface area contributed by atoms with E-state index in [2.05, 4.69) is 10.6 Å². The van der Waals surface area contributed by atoms with Gasteiger partial charge < -0.3 is 30.0 Å². The summed E-state index contributed by atoms with van der Waals surface area (Å²) in [7, 11) is 0. The molecule has 0 aliphatic rings. The molecule has 0 saturated carbocycles. The Morgan fingerprint density at radius 2 is 1.78 bits per heavy atom. The van der Waals surface area contributed by atoms with Gasteiger partial charge in [-0.25, -0.2) is 4.98 Å². The van der Waals surface area contributed by atoms with Crippen molar-refractivity contribution in [2.45, 2.75) is 58.5 Å². The minimum Gasteiger partial charge on any atom is -0.489 e. The number of imidazole rings is 1. The summed E-state index contributed by atoms with van der Waals surface area (Å²) in [5.41, 5.74) is 4.39. The second kappa shape index (κ2) is 13.2. The first-order chi connectivity index (χ1) is 19.5. The number of rotatable bonds is 11. The fourth-order valence-electron chi connectivity index (χ4n) is 4.40. The van der Waals surface area contributed by atoms with Gasteiger partial charge in [-0.1, -0.05) is 41.9 Å². The lowest BCUT2D eigenvalue weighted by molar-refractivity contribution is -0.128. The Bertz CT molecular complexity index is 1510. The van der Waals surface area contributed by atoms with Gasteiger partial charge in [0.2, 0.25) is 5.91 Å². The van der Waals surface area contributed by atoms with Crippen LogP contribution >= 0.6 is 11.6 Å². The summed E-state index contributed by atoms with van der Waals surface area (Å²) in [5, 5.41) is 25.7. The van der Waals surface area contributed by atoms with Gasteiger partial charge in [-0.05, 0) is 63.9 Å². The van der Waals surface area contributed by atoms with Crippen LogP contribution in [-0.4, -0.2) is 56.2 Å². The number of hydrogen-bond donors (Lipinski definition) is 4. The smallest absolute Gasteiger partial charge is 0.251 e. The van der Waals surface area contributed by atoms with Crippen molar-refractivity contribution < 1.29 is 24.5 Å². The van der Waals surface area contributed by atoms with E-state index in [4.69, 9.17) is 21.3 Å². The van der Waals surface area contributed by atoms with Gasteiger partial charge in [-0.15, -0.1) is 0 Å². The second-order valence-corrected chi connectivity index (χ2v) is 10.7. The van der Waals surface area contributed by atoms with Gasteiger partial charge in [0.15, 0.2) is 0 Å². The standard InChI is InChI=1S/C31H35ClN4O5/c1-18(2)41-28-12-11-23(15-26(28)32)31(40)34-24(16-33-30(39)20(4)38)14-21-7-9-22(10-8-21)27-17-36-13-5-6-25(19(3)37)29(36)35-27/h5-13,15,17-20,24,37-38H,14,16H2,1-4H3,(H,33,39)(H,34,40)/t19?,20-,24+/m1/s1. The van der Waals surface area contributed by atoms with Crippen LogP contribution < -0.4 is 15.4 Å². The molecule has 4 aromatic rings. The molecule has 0 fully saturated rings. The van der Waals surface area contributed by atoms with Crippen LogP contribution in [0.4, 0.5) is 0 Å². The third-order valence-corrected chi connectivity index (χ3v) is 6.78. The molecule has 0 aliphatic heterocycles. The van der Waals surface area contributed by atoms with Crippen molar-refractivity contribution in [3.05, 3.63) is 88.7 Å². The van der Waals surface area contributed by atoms with Gasteiger partial charge in [-0.2, -0.15) is 0 Å². The molecule has 41 heavy (non-hydrogen) atoms. The Kier molecular flexibility index (Phi) is 9.65. The van der Waals surface area contributed by atoms with Crippen LogP contribution in [0.5, 0.6) is 5.75 Å². The van der Waals surface area contributed by atoms with E-state index in [0.717, 1.165) is 22.4 Å². The van der Waals surface area contributed by atoms with E-state index in [-0.39, 0.29) is 18.6 Å². The first-order valence-corrected chi connectivity index (χ1v) is 13.9. The highest BCUT2D eigenvalue weighted by atomic mass is 35.5. The molecule has 2 heterocycles. The van der Waals surface area contributed by atoms with Crippen LogP contribution in [-0.2, 0) is 11.2 Å². The molecule has 2 amide bonds. The van der Waals surface area contributed by atoms with Crippen molar-refractivity contribution in [2.24, 2.45) is 0 Å². The molecular weight excluding hydrogens is 544 g/mol. The normalized spacial score (nSPS) is 13.6. The number of nitrogens with zero attached hydrogens (tertiary/aromatic N) is 2. The molecule has 0 radical (unpaired) electrons. The zero-order valence-corrected chi connectivity index (χ0v) is 24.2. The number of aromatic nitrogens is 2. The lowest BCUT2D eigenvalue weighted by Crippen LogP contribution is -2.46. The molecule has 0 spiro atoms. The Balaban J connectivity index is 1.51. The molecule has 3 atom stereocenters. The lowest BCUT2D eigenvalue weighted by Gasteiger charge is -2.21. The number of hydrogen-bond acceptors (Lipinski definition) is 6. The molecule has 4 N–H and O–H groups in total. The Hall–Kier alpha value is -3.92. The molecule has 10 heteroatoms. The molecule has 0 bridgehead atoms. The van der Waals surface area contributed by atoms with Crippen molar-refractivity contribution in [1.82, 2.24) is 20.0 Å². The molecule has 2 aromatic heterocycles. The number of nitrogens with one attached hydrogen (secondary N) is 2. The molecule has 9 nitrogen and oxygen atoms in total. The van der Waals surface area contributed by atoms with Gasteiger partial charge in [0, 0.05) is 35.6 Å². The number of aliphatic hydroxyl groups is 2. The summed E-state index contributed by atoms with van der Waals surface area (Å²) < 4.78 is 7.53. The minimum atomic E-state index is -1.17. The Labute approximate surface area is 244 Å². The van der Waals surface area contributed by atoms with Crippen LogP contribution in [0.1, 0.15) is 55.3 Å². The number of amides is 2. The average molecular weight is 579 g/mol. The molecule has 2 aromatic carbocycles. The van der Waals surface area contributed by atoms with Gasteiger partial charge in [-0.3, -0.25) is 9.59 Å². The molecule has 216 valence electrons. The number of pyridine rings is 1. The van der Waals surface area contributed by atoms with Gasteiger partial charge in [0.1, 0.15) is 17.5 Å². The Morgan fingerprint density at radius 1 is 1.05 bits per heavy atom. The van der Waals surface area contributed by atoms with Crippen molar-refractivity contribution >= 4 is 29.1 Å². The zero-order valence-electron chi connectivity index (χ0n) is 23.5. The van der Waals surface area contributed by atoms with Crippen molar-refractivity contribution in [3.63, 3.8) is 0 Å². The molecule has 0 saturated heterocycles. The maximum atomic E-state index is 13.1. The molecule has 4 rings (SSSR count). The zero-order chi connectivity index (χ0) is 29.7. The highest BCUT2D eigenvalue weighted by molar-refractivity contribution is 6.32. The van der Waals surface area contributed by atoms with E-state index in [0.29, 0.717) is 28.4 Å². The summed E-state index contributed by atoms with van der Waals surface area (Å²) in [6, 6.07) is 15.9. The minimum absolute atomic E-state index is 0.0603. The van der Waals surface area contributed by atoms with E-state index in [1.807, 2.05) is 67.0 Å². The number of carbonyl (C=O) groups excluding carboxylic acids is 2. The molecular formula is C31H35ClN4O5. The number of aliphatic hydroxyl groups excluding tert-OH is 2. The third kappa shape index (κ3) is 7.64. The number of ether oxygens (including phenoxy) is 1. The van der Waals surface area contributed by atoms with E-state index in [1.165, 1.54) is 6.92 Å². The summed E-state index contributed by atoms with van der Waals surface area (Å²) >= 11 is 6.33. The van der Waals surface area contributed by atoms with E-state index in [9.17, 15) is 19.8 Å². The van der Waals surface area contributed by atoms with Crippen LogP contribution in [0.2, 0.25) is 5.02 Å². The SMILES string of the molecule is CC(C)Oc1ccc(C(=O)N[C@H](CNC(=O)[C@@H](C)O)Cc2ccc(-c3cn4cccc(C(C)O)c4n3)cc2)cc1Cl. The predicted octanol–water partition coefficient (Wildman–Crippen LogP) is 4.33. The van der Waals surface area contributed by atoms with Gasteiger partial charge >= 0.3 is 0 Å². The summed E-state index contributed by atoms with van der Waals surface area (Å²) in [4.78, 5) is 29.9. The van der Waals surface area contributed by atoms with Crippen molar-refractivity contribution in [2.75, 3.05) is 6.54 Å². The summed E-state index contributed by atoms with van der Waals surface area (Å²) in [6.45, 7) is 6.99. The van der Waals surface area contributed by atoms with Crippen molar-refractivity contribution in [3.8, 4) is 17.0 Å². The number of halogens is 1. The van der Waals surface area contributed by atoms with Gasteiger partial charge in [0.05, 0.1) is 29.0 Å². The van der Waals surface area contributed by atoms with Crippen molar-refractivity contribution in [1.29, 1.82) is 0 Å². The van der Waals surface area contributed by atoms with E-state index < -0.39 is 24.2 Å². The monoisotopic (exact) mass is 578 g/mol. The maximum absolute atomic E-state index is 13.1. The molecule has 0 aliphatic carbocycles. The number of benzene rings is 2. The fraction of sp³-hybridized carbons (Fsp3) is 0.323. The topological polar surface area (TPSA) is 125 Å². The Morgan fingerprint density at radius 3 is 2.41 bits per heavy atom. The largest absolute Gasteiger partial charge is 0.489 e. The average Bonchev–Trinajstić information content (AvgIpc) is 3.37. The predicted molar refractivity (Wildman–Crippen MR) is 158 cm³/mol. The highest BCUT2D eigenvalue weighted by Gasteiger charge is 2.19. The van der Waals surface area contributed by atoms with Crippen LogP contribution in [0.15, 0.2) is 67.0 Å². The maximum Gasteiger partial charge on any atom is 0.251 e. The highest BCUT2D eigenvalue weighted by Crippen LogP contribution is 2.27. The molecule has 1 unspecified atom stereocenters. The van der Waals surface area contributed by atoms with Crippen LogP contribution in [0.25, 0.3) is 16.9 Å². The third-order valence-electron chi connectivity index (χ3n) is 6.49. The second-order valence-electron chi connectivity index (χ2n) is 10.3. The first kappa shape index (κ1) is 30.0. The van der Waals surface area contributed by atoms with Crippen LogP contribution in [0.3, 0.4) is 0 Å². The first-order valence-electron chi connectivity index (χ1n) is 13.5. The van der Waals surface area contributed by atoms with E-state index >= 15 is 0 Å². The quantitative estimate of drug-likeness (QED) is 0.210. The number of carbonyl (C=O) groups is 2.